The van der Waals surface area contributed by atoms with Gasteiger partial charge in [-0.3, -0.25) is 9.59 Å². The summed E-state index contributed by atoms with van der Waals surface area (Å²) < 4.78 is 23.0. The van der Waals surface area contributed by atoms with Crippen LogP contribution in [-0.2, 0) is 33.3 Å². The number of likely N-dealkylation sites (N-methyl/N-ethyl adjacent to an activating group) is 1. The number of ether oxygens (including phenoxy) is 4. The van der Waals surface area contributed by atoms with E-state index in [4.69, 9.17) is 18.9 Å². The van der Waals surface area contributed by atoms with E-state index in [1.807, 2.05) is 21.1 Å². The van der Waals surface area contributed by atoms with E-state index < -0.39 is 24.3 Å². The van der Waals surface area contributed by atoms with Gasteiger partial charge in [0.2, 0.25) is 0 Å². The van der Waals surface area contributed by atoms with Crippen molar-refractivity contribution < 1.29 is 42.9 Å². The maximum Gasteiger partial charge on any atom is 0.361 e. The normalized spacial score (nSPS) is 13.7. The average Bonchev–Trinajstić information content (AvgIpc) is 1.18. The molecule has 105 heavy (non-hydrogen) atoms. The summed E-state index contributed by atoms with van der Waals surface area (Å²) >= 11 is 0. The fraction of sp³-hybridized carbons (Fsp3) is 0.615. The van der Waals surface area contributed by atoms with Crippen molar-refractivity contribution in [2.45, 2.75) is 334 Å². The molecule has 0 amide bonds. The predicted octanol–water partition coefficient (Wildman–Crippen LogP) is 27.8. The number of hydrogen-bond acceptors (Lipinski definition) is 7. The van der Waals surface area contributed by atoms with Crippen molar-refractivity contribution in [2.75, 3.05) is 47.5 Å². The second-order valence-corrected chi connectivity index (χ2v) is 28.7. The molecule has 0 fully saturated rings. The van der Waals surface area contributed by atoms with Crippen LogP contribution in [0.5, 0.6) is 0 Å². The monoisotopic (exact) mass is 1450 g/mol. The Labute approximate surface area is 645 Å². The maximum absolute atomic E-state index is 13.0. The minimum Gasteiger partial charge on any atom is -0.477 e. The third kappa shape index (κ3) is 85.0. The van der Waals surface area contributed by atoms with E-state index in [1.54, 1.807) is 0 Å². The Bertz CT molecular complexity index is 2500. The van der Waals surface area contributed by atoms with Crippen LogP contribution in [0.25, 0.3) is 0 Å². The van der Waals surface area contributed by atoms with Crippen LogP contribution < -0.4 is 0 Å². The number of esters is 2. The number of rotatable bonds is 76. The minimum atomic E-state index is -1.53. The molecule has 0 radical (unpaired) electrons. The number of carbonyl (C=O) groups excluding carboxylic acids is 2. The first-order valence-electron chi connectivity index (χ1n) is 42.2. The van der Waals surface area contributed by atoms with E-state index in [2.05, 4.69) is 220 Å². The predicted molar refractivity (Wildman–Crippen MR) is 455 cm³/mol. The van der Waals surface area contributed by atoms with E-state index in [9.17, 15) is 19.5 Å². The number of quaternary nitrogens is 1. The summed E-state index contributed by atoms with van der Waals surface area (Å²) in [4.78, 5) is 37.8. The molecule has 9 heteroatoms. The lowest BCUT2D eigenvalue weighted by atomic mass is 10.0. The molecule has 0 saturated carbocycles. The van der Waals surface area contributed by atoms with E-state index in [0.29, 0.717) is 23.9 Å². The van der Waals surface area contributed by atoms with Gasteiger partial charge in [-0.25, -0.2) is 4.79 Å². The van der Waals surface area contributed by atoms with Gasteiger partial charge in [0, 0.05) is 12.8 Å². The number of unbranched alkanes of at least 4 members (excludes halogenated alkanes) is 27. The molecule has 2 atom stereocenters. The number of allylic oxidation sites excluding steroid dienone is 34. The molecule has 0 aliphatic rings. The number of carboxylic acid groups (broad SMARTS) is 1. The highest BCUT2D eigenvalue weighted by Gasteiger charge is 2.25. The smallest absolute Gasteiger partial charge is 0.361 e. The standard InChI is InChI=1S/C96H155NO8/c1-6-8-10-12-14-16-18-20-22-24-26-28-30-32-34-36-38-40-42-44-46-47-49-51-53-55-57-59-61-63-65-67-69-71-73-75-77-79-81-83-85-87-94(99)105-92(91-104-96(95(100)101)102-89-88-97(3,4)5)90-103-93(98)86-84-82-80-78-76-74-72-70-68-66-64-62-60-58-56-54-52-50-48-45-43-41-39-37-35-33-31-29-27-25-23-21-19-17-15-13-11-9-7-2/h8-11,14-17,20-23,26-29,32-35,38-41,44,46,49,51,55,57,61,63,67,69,92,96H,6-7,12-13,18-19,24-25,30-31,36-37,42-43,45,47-48,50,52-54,56,58-60,62,64-66,68,70-91H2,1-5H3/p+1/b10-8-,11-9-,16-14-,17-15-,22-20-,23-21-,28-26-,29-27-,34-32-,35-33-,40-38-,41-39-,46-44-,51-49-,57-55-,63-61-,69-67-. The Morgan fingerprint density at radius 3 is 0.762 bits per heavy atom. The van der Waals surface area contributed by atoms with Crippen molar-refractivity contribution >= 4 is 17.9 Å². The zero-order chi connectivity index (χ0) is 76.0. The van der Waals surface area contributed by atoms with Crippen LogP contribution in [0.4, 0.5) is 0 Å². The zero-order valence-corrected chi connectivity index (χ0v) is 67.8. The third-order valence-electron chi connectivity index (χ3n) is 17.5. The van der Waals surface area contributed by atoms with Gasteiger partial charge in [-0.1, -0.05) is 368 Å². The molecule has 0 aromatic carbocycles. The zero-order valence-electron chi connectivity index (χ0n) is 67.8. The highest BCUT2D eigenvalue weighted by molar-refractivity contribution is 5.71. The van der Waals surface area contributed by atoms with Crippen LogP contribution >= 0.6 is 0 Å². The lowest BCUT2D eigenvalue weighted by Crippen LogP contribution is -2.40. The highest BCUT2D eigenvalue weighted by atomic mass is 16.7. The first-order valence-corrected chi connectivity index (χ1v) is 42.2. The molecule has 0 saturated heterocycles. The number of aliphatic carboxylic acids is 1. The summed E-state index contributed by atoms with van der Waals surface area (Å²) in [5.41, 5.74) is 0. The van der Waals surface area contributed by atoms with Gasteiger partial charge in [-0.05, 0) is 148 Å². The number of nitrogens with zero attached hydrogens (tertiary/aromatic N) is 1. The van der Waals surface area contributed by atoms with Crippen molar-refractivity contribution in [2.24, 2.45) is 0 Å². The van der Waals surface area contributed by atoms with E-state index in [0.717, 1.165) is 154 Å². The summed E-state index contributed by atoms with van der Waals surface area (Å²) in [5.74, 6) is -2.03. The van der Waals surface area contributed by atoms with E-state index in [-0.39, 0.29) is 32.2 Å². The maximum atomic E-state index is 13.0. The molecule has 0 heterocycles. The first-order chi connectivity index (χ1) is 51.6. The molecular weight excluding hydrogens is 1300 g/mol. The highest BCUT2D eigenvalue weighted by Crippen LogP contribution is 2.18. The molecule has 0 bridgehead atoms. The van der Waals surface area contributed by atoms with Crippen LogP contribution in [0.15, 0.2) is 207 Å². The van der Waals surface area contributed by atoms with Crippen LogP contribution in [0, 0.1) is 0 Å². The van der Waals surface area contributed by atoms with E-state index in [1.165, 1.54) is 135 Å². The summed E-state index contributed by atoms with van der Waals surface area (Å²) in [7, 11) is 5.97. The SMILES string of the molecule is CC/C=C\C/C=C\C/C=C\C/C=C\C/C=C\C/C=C\C/C=C\C/C=C\C/C=C\C/C=C\C/C=C\CCCCCCCCCC(=O)OC(COC(=O)CCCCCCCCCCCCCCCCCCCCCC/C=C\C/C=C\C/C=C\C/C=C\C/C=C\C/C=C\CC)COC(OCC[N+](C)(C)C)C(=O)O. The van der Waals surface area contributed by atoms with Crippen LogP contribution in [0.2, 0.25) is 0 Å². The molecule has 0 spiro atoms. The van der Waals surface area contributed by atoms with Gasteiger partial charge < -0.3 is 28.5 Å². The lowest BCUT2D eigenvalue weighted by Gasteiger charge is -2.25. The van der Waals surface area contributed by atoms with Gasteiger partial charge in [0.05, 0.1) is 34.4 Å². The Hall–Kier alpha value is -6.13. The molecule has 0 aromatic heterocycles. The molecule has 0 rings (SSSR count). The van der Waals surface area contributed by atoms with Gasteiger partial charge in [0.1, 0.15) is 13.2 Å². The Balaban J connectivity index is 4.09. The molecule has 9 nitrogen and oxygen atoms in total. The van der Waals surface area contributed by atoms with Crippen LogP contribution in [-0.4, -0.2) is 87.4 Å². The quantitative estimate of drug-likeness (QED) is 0.0211. The van der Waals surface area contributed by atoms with Crippen LogP contribution in [0.1, 0.15) is 322 Å². The Kier molecular flexibility index (Phi) is 78.6. The summed E-state index contributed by atoms with van der Waals surface area (Å²) in [6, 6.07) is 0. The Morgan fingerprint density at radius 1 is 0.286 bits per heavy atom. The largest absolute Gasteiger partial charge is 0.477 e. The fourth-order valence-electron chi connectivity index (χ4n) is 11.2. The fourth-order valence-corrected chi connectivity index (χ4v) is 11.2. The topological polar surface area (TPSA) is 108 Å². The number of hydrogen-bond donors (Lipinski definition) is 1. The molecular formula is C96H156NO8+. The molecule has 592 valence electrons. The first kappa shape index (κ1) is 98.9. The second-order valence-electron chi connectivity index (χ2n) is 28.7. The molecule has 1 N–H and O–H groups in total. The van der Waals surface area contributed by atoms with Crippen LogP contribution in [0.3, 0.4) is 0 Å². The van der Waals surface area contributed by atoms with Crippen molar-refractivity contribution in [1.82, 2.24) is 0 Å². The summed E-state index contributed by atoms with van der Waals surface area (Å²) in [6.07, 6.45) is 127. The molecule has 0 aromatic rings. The van der Waals surface area contributed by atoms with Gasteiger partial charge in [-0.2, -0.15) is 0 Å². The van der Waals surface area contributed by atoms with Crippen molar-refractivity contribution in [3.05, 3.63) is 207 Å². The van der Waals surface area contributed by atoms with Gasteiger partial charge in [-0.15, -0.1) is 0 Å². The minimum absolute atomic E-state index is 0.177. The lowest BCUT2D eigenvalue weighted by molar-refractivity contribution is -0.870. The number of carbonyl (C=O) groups is 3. The summed E-state index contributed by atoms with van der Waals surface area (Å²) in [5, 5.41) is 9.79. The van der Waals surface area contributed by atoms with Gasteiger partial charge >= 0.3 is 17.9 Å². The van der Waals surface area contributed by atoms with Gasteiger partial charge in [0.25, 0.3) is 6.29 Å². The molecule has 0 aliphatic heterocycles. The van der Waals surface area contributed by atoms with Crippen molar-refractivity contribution in [1.29, 1.82) is 0 Å². The van der Waals surface area contributed by atoms with E-state index >= 15 is 0 Å². The van der Waals surface area contributed by atoms with Crippen molar-refractivity contribution in [3.63, 3.8) is 0 Å². The van der Waals surface area contributed by atoms with Crippen molar-refractivity contribution in [3.8, 4) is 0 Å². The van der Waals surface area contributed by atoms with Gasteiger partial charge in [0.15, 0.2) is 6.10 Å². The Morgan fingerprint density at radius 2 is 0.514 bits per heavy atom. The molecule has 2 unspecified atom stereocenters. The third-order valence-corrected chi connectivity index (χ3v) is 17.5. The average molecular weight is 1450 g/mol. The number of carboxylic acids is 1. The second kappa shape index (κ2) is 83.5. The molecule has 0 aliphatic carbocycles. The summed E-state index contributed by atoms with van der Waals surface area (Å²) in [6.45, 7) is 4.64.